The van der Waals surface area contributed by atoms with Crippen LogP contribution in [0.15, 0.2) is 60.8 Å². The first-order valence-electron chi connectivity index (χ1n) is 6.71. The number of aryl methyl sites for hydroxylation is 1. The molecule has 1 heterocycles. The lowest BCUT2D eigenvalue weighted by Gasteiger charge is -2.11. The Balaban J connectivity index is 1.94. The van der Waals surface area contributed by atoms with Crippen LogP contribution in [0.3, 0.4) is 0 Å². The second-order valence-corrected chi connectivity index (χ2v) is 4.77. The summed E-state index contributed by atoms with van der Waals surface area (Å²) in [5.41, 5.74) is 4.15. The number of anilines is 1. The number of nitrogens with zero attached hydrogens (tertiary/aromatic N) is 1. The van der Waals surface area contributed by atoms with Crippen molar-refractivity contribution < 1.29 is 4.79 Å². The van der Waals surface area contributed by atoms with E-state index in [1.54, 1.807) is 0 Å². The van der Waals surface area contributed by atoms with Gasteiger partial charge in [0.25, 0.3) is 5.91 Å². The van der Waals surface area contributed by atoms with Crippen LogP contribution in [0.4, 0.5) is 5.69 Å². The van der Waals surface area contributed by atoms with E-state index >= 15 is 0 Å². The fraction of sp³-hybridized carbons (Fsp3) is 0.0588. The van der Waals surface area contributed by atoms with Crippen LogP contribution in [0.5, 0.6) is 0 Å². The molecule has 0 unspecified atom stereocenters. The highest BCUT2D eigenvalue weighted by Gasteiger charge is 2.13. The van der Waals surface area contributed by atoms with Gasteiger partial charge in [-0.05, 0) is 18.6 Å². The predicted octanol–water partition coefficient (Wildman–Crippen LogP) is 3.64. The molecule has 3 rings (SSSR count). The van der Waals surface area contributed by atoms with Gasteiger partial charge in [0.15, 0.2) is 0 Å². The Bertz CT molecular complexity index is 762. The molecule has 2 N–H and O–H groups in total. The molecule has 2 aromatic carbocycles. The number of rotatable bonds is 3. The Morgan fingerprint density at radius 1 is 1.05 bits per heavy atom. The van der Waals surface area contributed by atoms with Crippen LogP contribution in [-0.4, -0.2) is 16.1 Å². The molecule has 0 saturated carbocycles. The summed E-state index contributed by atoms with van der Waals surface area (Å²) in [5, 5.41) is 9.60. The van der Waals surface area contributed by atoms with E-state index in [0.29, 0.717) is 5.56 Å². The summed E-state index contributed by atoms with van der Waals surface area (Å²) >= 11 is 0. The molecular weight excluding hydrogens is 262 g/mol. The second-order valence-electron chi connectivity index (χ2n) is 4.77. The average molecular weight is 277 g/mol. The second kappa shape index (κ2) is 5.63. The predicted molar refractivity (Wildman–Crippen MR) is 83.2 cm³/mol. The number of amides is 1. The van der Waals surface area contributed by atoms with Crippen molar-refractivity contribution in [3.05, 3.63) is 72.1 Å². The molecule has 4 nitrogen and oxygen atoms in total. The van der Waals surface area contributed by atoms with E-state index in [9.17, 15) is 4.79 Å². The highest BCUT2D eigenvalue weighted by Crippen LogP contribution is 2.27. The largest absolute Gasteiger partial charge is 0.321 e. The van der Waals surface area contributed by atoms with Gasteiger partial charge in [-0.15, -0.1) is 0 Å². The van der Waals surface area contributed by atoms with E-state index < -0.39 is 0 Å². The van der Waals surface area contributed by atoms with Gasteiger partial charge >= 0.3 is 0 Å². The fourth-order valence-electron chi connectivity index (χ4n) is 2.23. The fourth-order valence-corrected chi connectivity index (χ4v) is 2.23. The van der Waals surface area contributed by atoms with Crippen LogP contribution in [0.2, 0.25) is 0 Å². The first-order valence-corrected chi connectivity index (χ1v) is 6.71. The number of aromatic amines is 1. The highest BCUT2D eigenvalue weighted by molar-refractivity contribution is 6.06. The van der Waals surface area contributed by atoms with Crippen LogP contribution in [-0.2, 0) is 0 Å². The third-order valence-corrected chi connectivity index (χ3v) is 3.33. The van der Waals surface area contributed by atoms with Crippen LogP contribution >= 0.6 is 0 Å². The van der Waals surface area contributed by atoms with E-state index in [-0.39, 0.29) is 5.91 Å². The summed E-state index contributed by atoms with van der Waals surface area (Å²) in [6, 6.07) is 17.7. The monoisotopic (exact) mass is 277 g/mol. The summed E-state index contributed by atoms with van der Waals surface area (Å²) < 4.78 is 0. The molecule has 0 radical (unpaired) electrons. The normalized spacial score (nSPS) is 10.3. The molecule has 21 heavy (non-hydrogen) atoms. The minimum absolute atomic E-state index is 0.162. The standard InChI is InChI=1S/C17H15N3O/c1-12-15(11-18-20-12)17(21)19-16-10-6-5-9-14(16)13-7-3-2-4-8-13/h2-11H,1H3,(H,18,20)(H,19,21). The third-order valence-electron chi connectivity index (χ3n) is 3.33. The molecule has 1 aromatic heterocycles. The SMILES string of the molecule is Cc1[nH]ncc1C(=O)Nc1ccccc1-c1ccccc1. The lowest BCUT2D eigenvalue weighted by atomic mass is 10.0. The zero-order valence-electron chi connectivity index (χ0n) is 11.6. The van der Waals surface area contributed by atoms with E-state index in [0.717, 1.165) is 22.5 Å². The van der Waals surface area contributed by atoms with Crippen molar-refractivity contribution in [1.29, 1.82) is 0 Å². The van der Waals surface area contributed by atoms with Crippen LogP contribution in [0.25, 0.3) is 11.1 Å². The number of aromatic nitrogens is 2. The number of carbonyl (C=O) groups is 1. The zero-order valence-corrected chi connectivity index (χ0v) is 11.6. The maximum atomic E-state index is 12.3. The first-order chi connectivity index (χ1) is 10.3. The van der Waals surface area contributed by atoms with Gasteiger partial charge in [-0.1, -0.05) is 48.5 Å². The van der Waals surface area contributed by atoms with Crippen molar-refractivity contribution in [1.82, 2.24) is 10.2 Å². The number of H-pyrrole nitrogens is 1. The van der Waals surface area contributed by atoms with Gasteiger partial charge in [0.05, 0.1) is 11.8 Å². The maximum Gasteiger partial charge on any atom is 0.259 e. The number of nitrogens with one attached hydrogen (secondary N) is 2. The molecule has 0 aliphatic rings. The van der Waals surface area contributed by atoms with Gasteiger partial charge in [0.2, 0.25) is 0 Å². The molecular formula is C17H15N3O. The van der Waals surface area contributed by atoms with Crippen molar-refractivity contribution >= 4 is 11.6 Å². The van der Waals surface area contributed by atoms with Crippen molar-refractivity contribution in [3.63, 3.8) is 0 Å². The number of hydrogen-bond acceptors (Lipinski definition) is 2. The highest BCUT2D eigenvalue weighted by atomic mass is 16.1. The first kappa shape index (κ1) is 13.1. The quantitative estimate of drug-likeness (QED) is 0.768. The van der Waals surface area contributed by atoms with Crippen LogP contribution in [0.1, 0.15) is 16.1 Å². The number of carbonyl (C=O) groups excluding carboxylic acids is 1. The van der Waals surface area contributed by atoms with Crippen LogP contribution < -0.4 is 5.32 Å². The summed E-state index contributed by atoms with van der Waals surface area (Å²) in [5.74, 6) is -0.162. The number of para-hydroxylation sites is 1. The number of hydrogen-bond donors (Lipinski definition) is 2. The van der Waals surface area contributed by atoms with E-state index in [2.05, 4.69) is 15.5 Å². The minimum atomic E-state index is -0.162. The van der Waals surface area contributed by atoms with E-state index in [4.69, 9.17) is 0 Å². The van der Waals surface area contributed by atoms with E-state index in [1.165, 1.54) is 6.20 Å². The molecule has 0 bridgehead atoms. The van der Waals surface area contributed by atoms with Crippen molar-refractivity contribution in [2.45, 2.75) is 6.92 Å². The Labute approximate surface area is 122 Å². The minimum Gasteiger partial charge on any atom is -0.321 e. The third kappa shape index (κ3) is 2.69. The smallest absolute Gasteiger partial charge is 0.259 e. The van der Waals surface area contributed by atoms with Crippen molar-refractivity contribution in [2.24, 2.45) is 0 Å². The summed E-state index contributed by atoms with van der Waals surface area (Å²) in [6.07, 6.45) is 1.54. The molecule has 1 amide bonds. The molecule has 0 aliphatic heterocycles. The maximum absolute atomic E-state index is 12.3. The Hall–Kier alpha value is -2.88. The summed E-state index contributed by atoms with van der Waals surface area (Å²) in [4.78, 5) is 12.3. The van der Waals surface area contributed by atoms with Gasteiger partial charge in [0, 0.05) is 16.9 Å². The molecule has 0 atom stereocenters. The van der Waals surface area contributed by atoms with E-state index in [1.807, 2.05) is 61.5 Å². The lowest BCUT2D eigenvalue weighted by molar-refractivity contribution is 0.102. The summed E-state index contributed by atoms with van der Waals surface area (Å²) in [6.45, 7) is 1.82. The Kier molecular flexibility index (Phi) is 3.51. The molecule has 3 aromatic rings. The van der Waals surface area contributed by atoms with Gasteiger partial charge in [0.1, 0.15) is 0 Å². The molecule has 0 fully saturated rings. The zero-order chi connectivity index (χ0) is 14.7. The summed E-state index contributed by atoms with van der Waals surface area (Å²) in [7, 11) is 0. The van der Waals surface area contributed by atoms with Gasteiger partial charge in [-0.2, -0.15) is 5.10 Å². The lowest BCUT2D eigenvalue weighted by Crippen LogP contribution is -2.13. The van der Waals surface area contributed by atoms with Crippen LogP contribution in [0, 0.1) is 6.92 Å². The molecule has 104 valence electrons. The molecule has 0 spiro atoms. The molecule has 0 aliphatic carbocycles. The Morgan fingerprint density at radius 3 is 2.48 bits per heavy atom. The van der Waals surface area contributed by atoms with Gasteiger partial charge < -0.3 is 5.32 Å². The van der Waals surface area contributed by atoms with Gasteiger partial charge in [-0.25, -0.2) is 0 Å². The molecule has 0 saturated heterocycles. The van der Waals surface area contributed by atoms with Crippen molar-refractivity contribution in [2.75, 3.05) is 5.32 Å². The topological polar surface area (TPSA) is 57.8 Å². The Morgan fingerprint density at radius 2 is 1.76 bits per heavy atom. The van der Waals surface area contributed by atoms with Gasteiger partial charge in [-0.3, -0.25) is 9.89 Å². The molecule has 4 heteroatoms. The van der Waals surface area contributed by atoms with Crippen molar-refractivity contribution in [3.8, 4) is 11.1 Å². The number of benzene rings is 2. The average Bonchev–Trinajstić information content (AvgIpc) is 2.95.